The summed E-state index contributed by atoms with van der Waals surface area (Å²) in [7, 11) is 2.73. The standard InChI is InChI=1S/C16H18FNO4S/c1-21-13-5-3-11(9-12(13)17)4-6-15(19)18-7-8-23-14(10-18)16(20)22-2/h3-6,9,14H,7-8,10H2,1-2H3/b6-4+/t14-/m1/s1. The molecule has 1 amide bonds. The largest absolute Gasteiger partial charge is 0.494 e. The lowest BCUT2D eigenvalue weighted by Gasteiger charge is -2.30. The van der Waals surface area contributed by atoms with Gasteiger partial charge in [-0.2, -0.15) is 0 Å². The van der Waals surface area contributed by atoms with Crippen LogP contribution in [0, 0.1) is 5.82 Å². The third-order valence-electron chi connectivity index (χ3n) is 3.44. The van der Waals surface area contributed by atoms with E-state index in [1.807, 2.05) is 0 Å². The van der Waals surface area contributed by atoms with Gasteiger partial charge in [0.05, 0.1) is 14.2 Å². The second kappa shape index (κ2) is 8.01. The minimum atomic E-state index is -0.484. The van der Waals surface area contributed by atoms with Gasteiger partial charge in [-0.05, 0) is 23.8 Å². The van der Waals surface area contributed by atoms with E-state index in [1.54, 1.807) is 17.0 Å². The number of halogens is 1. The van der Waals surface area contributed by atoms with E-state index in [2.05, 4.69) is 0 Å². The first-order valence-corrected chi connectivity index (χ1v) is 8.10. The number of hydrogen-bond donors (Lipinski definition) is 0. The van der Waals surface area contributed by atoms with Crippen molar-refractivity contribution in [1.29, 1.82) is 0 Å². The van der Waals surface area contributed by atoms with Crippen LogP contribution in [0.15, 0.2) is 24.3 Å². The van der Waals surface area contributed by atoms with Crippen LogP contribution in [0.5, 0.6) is 5.75 Å². The molecule has 0 radical (unpaired) electrons. The number of amides is 1. The SMILES string of the molecule is COC(=O)[C@H]1CN(C(=O)/C=C/c2ccc(OC)c(F)c2)CCS1. The molecule has 1 atom stereocenters. The minimum Gasteiger partial charge on any atom is -0.494 e. The van der Waals surface area contributed by atoms with Gasteiger partial charge in [0.1, 0.15) is 5.25 Å². The minimum absolute atomic E-state index is 0.155. The summed E-state index contributed by atoms with van der Waals surface area (Å²) in [5.41, 5.74) is 0.563. The van der Waals surface area contributed by atoms with Gasteiger partial charge in [-0.25, -0.2) is 4.39 Å². The average Bonchev–Trinajstić information content (AvgIpc) is 2.59. The maximum atomic E-state index is 13.6. The van der Waals surface area contributed by atoms with Crippen LogP contribution in [0.3, 0.4) is 0 Å². The Hall–Kier alpha value is -2.02. The number of esters is 1. The number of nitrogens with zero attached hydrogens (tertiary/aromatic N) is 1. The number of rotatable bonds is 4. The summed E-state index contributed by atoms with van der Waals surface area (Å²) in [5, 5.41) is -0.357. The molecule has 0 N–H and O–H groups in total. The second-order valence-electron chi connectivity index (χ2n) is 4.89. The Morgan fingerprint density at radius 3 is 2.83 bits per heavy atom. The number of carbonyl (C=O) groups is 2. The van der Waals surface area contributed by atoms with E-state index in [1.165, 1.54) is 44.2 Å². The third kappa shape index (κ3) is 4.48. The lowest BCUT2D eigenvalue weighted by molar-refractivity contribution is -0.140. The number of thioether (sulfide) groups is 1. The Labute approximate surface area is 138 Å². The molecular formula is C16H18FNO4S. The molecule has 23 heavy (non-hydrogen) atoms. The van der Waals surface area contributed by atoms with Crippen LogP contribution in [-0.4, -0.2) is 55.1 Å². The number of hydrogen-bond acceptors (Lipinski definition) is 5. The molecule has 5 nitrogen and oxygen atoms in total. The first-order chi connectivity index (χ1) is 11.0. The molecule has 1 saturated heterocycles. The monoisotopic (exact) mass is 339 g/mol. The molecular weight excluding hydrogens is 321 g/mol. The zero-order valence-electron chi connectivity index (χ0n) is 13.0. The van der Waals surface area contributed by atoms with E-state index < -0.39 is 5.82 Å². The van der Waals surface area contributed by atoms with Gasteiger partial charge in [0.15, 0.2) is 11.6 Å². The van der Waals surface area contributed by atoms with Crippen LogP contribution in [0.25, 0.3) is 6.08 Å². The third-order valence-corrected chi connectivity index (χ3v) is 4.60. The van der Waals surface area contributed by atoms with Gasteiger partial charge >= 0.3 is 5.97 Å². The van der Waals surface area contributed by atoms with Gasteiger partial charge in [-0.15, -0.1) is 11.8 Å². The summed E-state index contributed by atoms with van der Waals surface area (Å²) in [5.74, 6) is -0.190. The van der Waals surface area contributed by atoms with Crippen molar-refractivity contribution < 1.29 is 23.5 Å². The highest BCUT2D eigenvalue weighted by Gasteiger charge is 2.28. The van der Waals surface area contributed by atoms with Crippen molar-refractivity contribution in [2.24, 2.45) is 0 Å². The Morgan fingerprint density at radius 1 is 1.39 bits per heavy atom. The van der Waals surface area contributed by atoms with Crippen LogP contribution in [0.1, 0.15) is 5.56 Å². The molecule has 7 heteroatoms. The van der Waals surface area contributed by atoms with Gasteiger partial charge in [-0.1, -0.05) is 6.07 Å². The van der Waals surface area contributed by atoms with E-state index in [0.717, 1.165) is 0 Å². The van der Waals surface area contributed by atoms with E-state index in [0.29, 0.717) is 24.4 Å². The molecule has 1 fully saturated rings. The van der Waals surface area contributed by atoms with Gasteiger partial charge < -0.3 is 14.4 Å². The molecule has 1 aliphatic rings. The zero-order valence-corrected chi connectivity index (χ0v) is 13.8. The van der Waals surface area contributed by atoms with Crippen LogP contribution < -0.4 is 4.74 Å². The van der Waals surface area contributed by atoms with E-state index in [9.17, 15) is 14.0 Å². The molecule has 2 rings (SSSR count). The molecule has 1 heterocycles. The lowest BCUT2D eigenvalue weighted by atomic mass is 10.2. The Kier molecular flexibility index (Phi) is 6.04. The Bertz CT molecular complexity index is 620. The summed E-state index contributed by atoms with van der Waals surface area (Å²) in [6.45, 7) is 0.885. The molecule has 0 bridgehead atoms. The summed E-state index contributed by atoms with van der Waals surface area (Å²) >= 11 is 1.48. The predicted molar refractivity (Wildman–Crippen MR) is 86.8 cm³/mol. The maximum Gasteiger partial charge on any atom is 0.320 e. The van der Waals surface area contributed by atoms with E-state index >= 15 is 0 Å². The first kappa shape index (κ1) is 17.3. The zero-order chi connectivity index (χ0) is 16.8. The highest BCUT2D eigenvalue weighted by Crippen LogP contribution is 2.21. The fraction of sp³-hybridized carbons (Fsp3) is 0.375. The van der Waals surface area contributed by atoms with E-state index in [4.69, 9.17) is 9.47 Å². The normalized spacial score (nSPS) is 18.0. The van der Waals surface area contributed by atoms with Crippen molar-refractivity contribution in [2.45, 2.75) is 5.25 Å². The summed E-state index contributed by atoms with van der Waals surface area (Å²) < 4.78 is 23.2. The van der Waals surface area contributed by atoms with Crippen molar-refractivity contribution in [3.63, 3.8) is 0 Å². The van der Waals surface area contributed by atoms with Crippen LogP contribution in [0.4, 0.5) is 4.39 Å². The molecule has 0 unspecified atom stereocenters. The maximum absolute atomic E-state index is 13.6. The van der Waals surface area contributed by atoms with Gasteiger partial charge in [0.25, 0.3) is 0 Å². The van der Waals surface area contributed by atoms with E-state index in [-0.39, 0.29) is 22.9 Å². The fourth-order valence-corrected chi connectivity index (χ4v) is 3.31. The van der Waals surface area contributed by atoms with Crippen molar-refractivity contribution in [2.75, 3.05) is 33.1 Å². The van der Waals surface area contributed by atoms with Crippen molar-refractivity contribution in [1.82, 2.24) is 4.90 Å². The van der Waals surface area contributed by atoms with Crippen molar-refractivity contribution >= 4 is 29.7 Å². The number of benzene rings is 1. The van der Waals surface area contributed by atoms with Gasteiger partial charge in [-0.3, -0.25) is 9.59 Å². The molecule has 124 valence electrons. The molecule has 0 spiro atoms. The smallest absolute Gasteiger partial charge is 0.320 e. The highest BCUT2D eigenvalue weighted by atomic mass is 32.2. The molecule has 0 aromatic heterocycles. The lowest BCUT2D eigenvalue weighted by Crippen LogP contribution is -2.44. The first-order valence-electron chi connectivity index (χ1n) is 7.05. The van der Waals surface area contributed by atoms with Gasteiger partial charge in [0.2, 0.25) is 5.91 Å². The molecule has 0 saturated carbocycles. The quantitative estimate of drug-likeness (QED) is 0.620. The summed E-state index contributed by atoms with van der Waals surface area (Å²) in [4.78, 5) is 25.3. The molecule has 1 aromatic rings. The molecule has 1 aliphatic heterocycles. The van der Waals surface area contributed by atoms with Crippen LogP contribution in [0.2, 0.25) is 0 Å². The van der Waals surface area contributed by atoms with Crippen molar-refractivity contribution in [3.8, 4) is 5.75 Å². The van der Waals surface area contributed by atoms with Crippen molar-refractivity contribution in [3.05, 3.63) is 35.7 Å². The average molecular weight is 339 g/mol. The fourth-order valence-electron chi connectivity index (χ4n) is 2.18. The Balaban J connectivity index is 2.00. The van der Waals surface area contributed by atoms with Crippen LogP contribution in [-0.2, 0) is 14.3 Å². The molecule has 0 aliphatic carbocycles. The molecule has 1 aromatic carbocycles. The van der Waals surface area contributed by atoms with Gasteiger partial charge in [0, 0.05) is 24.9 Å². The predicted octanol–water partition coefficient (Wildman–Crippen LogP) is 1.96. The Morgan fingerprint density at radius 2 is 2.17 bits per heavy atom. The number of methoxy groups -OCH3 is 2. The number of ether oxygens (including phenoxy) is 2. The highest BCUT2D eigenvalue weighted by molar-refractivity contribution is 8.00. The summed E-state index contributed by atoms with van der Waals surface area (Å²) in [6, 6.07) is 4.46. The topological polar surface area (TPSA) is 55.8 Å². The number of carbonyl (C=O) groups excluding carboxylic acids is 2. The second-order valence-corrected chi connectivity index (χ2v) is 6.20. The summed E-state index contributed by atoms with van der Waals surface area (Å²) in [6.07, 6.45) is 2.92. The van der Waals surface area contributed by atoms with Crippen LogP contribution >= 0.6 is 11.8 Å².